The number of nitrogens with zero attached hydrogens (tertiary/aromatic N) is 1. The average Bonchev–Trinajstić information content (AvgIpc) is 2.90. The third-order valence-electron chi connectivity index (χ3n) is 2.86. The average molecular weight is 296 g/mol. The van der Waals surface area contributed by atoms with Crippen molar-refractivity contribution in [2.24, 2.45) is 0 Å². The number of terminal acetylenes is 1. The van der Waals surface area contributed by atoms with Gasteiger partial charge in [-0.2, -0.15) is 0 Å². The lowest BCUT2D eigenvalue weighted by molar-refractivity contribution is 1.45. The molecule has 1 nitrogen and oxygen atoms in total. The molecule has 96 valence electrons. The van der Waals surface area contributed by atoms with Crippen LogP contribution in [0.1, 0.15) is 10.6 Å². The Morgan fingerprint density at radius 2 is 1.90 bits per heavy atom. The second-order valence-corrected chi connectivity index (χ2v) is 5.71. The van der Waals surface area contributed by atoms with Gasteiger partial charge in [-0.1, -0.05) is 41.8 Å². The predicted molar refractivity (Wildman–Crippen MR) is 87.8 cm³/mol. The molecule has 0 spiro atoms. The standard InChI is InChI=1S/C17H10ClNS/c1-2-13(11-12-7-9-14(18)10-8-12)17-19-15-5-3-4-6-16(15)20-17/h1,3-11H/b13-11+. The molecule has 3 heteroatoms. The molecule has 1 aromatic heterocycles. The van der Waals surface area contributed by atoms with Crippen LogP contribution in [0, 0.1) is 12.3 Å². The van der Waals surface area contributed by atoms with Crippen molar-refractivity contribution in [1.29, 1.82) is 0 Å². The van der Waals surface area contributed by atoms with Crippen LogP contribution < -0.4 is 0 Å². The Hall–Kier alpha value is -2.08. The molecular formula is C17H10ClNS. The summed E-state index contributed by atoms with van der Waals surface area (Å²) in [6, 6.07) is 15.6. The summed E-state index contributed by atoms with van der Waals surface area (Å²) >= 11 is 7.49. The largest absolute Gasteiger partial charge is 0.235 e. The minimum atomic E-state index is 0.712. The van der Waals surface area contributed by atoms with Crippen molar-refractivity contribution in [3.8, 4) is 12.3 Å². The molecule has 2 aromatic carbocycles. The summed E-state index contributed by atoms with van der Waals surface area (Å²) < 4.78 is 1.14. The number of aromatic nitrogens is 1. The van der Waals surface area contributed by atoms with E-state index in [1.54, 1.807) is 11.3 Å². The van der Waals surface area contributed by atoms with Gasteiger partial charge in [0.2, 0.25) is 0 Å². The van der Waals surface area contributed by atoms with E-state index in [0.29, 0.717) is 5.02 Å². The quantitative estimate of drug-likeness (QED) is 0.598. The molecule has 0 aliphatic heterocycles. The van der Waals surface area contributed by atoms with Crippen molar-refractivity contribution in [3.05, 3.63) is 64.1 Å². The number of hydrogen-bond donors (Lipinski definition) is 0. The summed E-state index contributed by atoms with van der Waals surface area (Å²) in [6.45, 7) is 0. The third kappa shape index (κ3) is 2.60. The van der Waals surface area contributed by atoms with Gasteiger partial charge in [0, 0.05) is 5.02 Å². The molecule has 20 heavy (non-hydrogen) atoms. The maximum Gasteiger partial charge on any atom is 0.133 e. The van der Waals surface area contributed by atoms with Crippen LogP contribution in [0.25, 0.3) is 21.9 Å². The van der Waals surface area contributed by atoms with Gasteiger partial charge in [0.25, 0.3) is 0 Å². The molecule has 0 aliphatic rings. The highest BCUT2D eigenvalue weighted by atomic mass is 35.5. The van der Waals surface area contributed by atoms with Crippen LogP contribution in [0.4, 0.5) is 0 Å². The first kappa shape index (κ1) is 12.9. The molecule has 0 radical (unpaired) electrons. The second kappa shape index (κ2) is 5.50. The number of thiazole rings is 1. The van der Waals surface area contributed by atoms with Gasteiger partial charge in [0.15, 0.2) is 0 Å². The highest BCUT2D eigenvalue weighted by Crippen LogP contribution is 2.28. The van der Waals surface area contributed by atoms with Crippen molar-refractivity contribution >= 4 is 44.8 Å². The molecule has 0 saturated heterocycles. The molecule has 0 atom stereocenters. The van der Waals surface area contributed by atoms with E-state index in [1.165, 1.54) is 0 Å². The molecular weight excluding hydrogens is 286 g/mol. The number of benzene rings is 2. The van der Waals surface area contributed by atoms with Crippen molar-refractivity contribution in [1.82, 2.24) is 4.98 Å². The van der Waals surface area contributed by atoms with Crippen LogP contribution in [-0.4, -0.2) is 4.98 Å². The van der Waals surface area contributed by atoms with Gasteiger partial charge in [-0.15, -0.1) is 17.8 Å². The lowest BCUT2D eigenvalue weighted by Crippen LogP contribution is -1.80. The van der Waals surface area contributed by atoms with Gasteiger partial charge < -0.3 is 0 Å². The first-order valence-electron chi connectivity index (χ1n) is 6.06. The molecule has 1 heterocycles. The van der Waals surface area contributed by atoms with E-state index in [2.05, 4.69) is 10.9 Å². The summed E-state index contributed by atoms with van der Waals surface area (Å²) in [5.41, 5.74) is 2.78. The van der Waals surface area contributed by atoms with Crippen LogP contribution in [0.5, 0.6) is 0 Å². The first-order valence-corrected chi connectivity index (χ1v) is 7.25. The van der Waals surface area contributed by atoms with E-state index in [9.17, 15) is 0 Å². The fourth-order valence-corrected chi connectivity index (χ4v) is 2.95. The molecule has 0 fully saturated rings. The van der Waals surface area contributed by atoms with Crippen LogP contribution in [0.15, 0.2) is 48.5 Å². The first-order chi connectivity index (χ1) is 9.76. The molecule has 0 saturated carbocycles. The molecule has 0 aliphatic carbocycles. The van der Waals surface area contributed by atoms with E-state index in [4.69, 9.17) is 18.0 Å². The van der Waals surface area contributed by atoms with E-state index < -0.39 is 0 Å². The summed E-state index contributed by atoms with van der Waals surface area (Å²) in [6.07, 6.45) is 7.58. The normalized spacial score (nSPS) is 11.5. The van der Waals surface area contributed by atoms with E-state index in [0.717, 1.165) is 26.4 Å². The summed E-state index contributed by atoms with van der Waals surface area (Å²) in [5.74, 6) is 2.72. The Morgan fingerprint density at radius 3 is 2.60 bits per heavy atom. The topological polar surface area (TPSA) is 12.9 Å². The van der Waals surface area contributed by atoms with Gasteiger partial charge in [-0.05, 0) is 35.9 Å². The molecule has 0 amide bonds. The third-order valence-corrected chi connectivity index (χ3v) is 4.18. The summed E-state index contributed by atoms with van der Waals surface area (Å²) in [4.78, 5) is 4.58. The van der Waals surface area contributed by atoms with Crippen LogP contribution >= 0.6 is 22.9 Å². The zero-order valence-electron chi connectivity index (χ0n) is 10.5. The van der Waals surface area contributed by atoms with E-state index in [1.807, 2.05) is 54.6 Å². The van der Waals surface area contributed by atoms with Crippen molar-refractivity contribution in [2.75, 3.05) is 0 Å². The van der Waals surface area contributed by atoms with Crippen LogP contribution in [0.2, 0.25) is 5.02 Å². The van der Waals surface area contributed by atoms with Gasteiger partial charge in [-0.3, -0.25) is 0 Å². The van der Waals surface area contributed by atoms with Gasteiger partial charge >= 0.3 is 0 Å². The second-order valence-electron chi connectivity index (χ2n) is 4.24. The minimum absolute atomic E-state index is 0.712. The zero-order valence-corrected chi connectivity index (χ0v) is 12.1. The molecule has 0 unspecified atom stereocenters. The molecule has 0 N–H and O–H groups in total. The monoisotopic (exact) mass is 295 g/mol. The Bertz CT molecular complexity index is 789. The molecule has 3 rings (SSSR count). The Kier molecular flexibility index (Phi) is 3.56. The molecule has 3 aromatic rings. The van der Waals surface area contributed by atoms with E-state index >= 15 is 0 Å². The number of fused-ring (bicyclic) bond motifs is 1. The number of rotatable bonds is 2. The lowest BCUT2D eigenvalue weighted by Gasteiger charge is -1.97. The Morgan fingerprint density at radius 1 is 1.15 bits per heavy atom. The van der Waals surface area contributed by atoms with Crippen LogP contribution in [-0.2, 0) is 0 Å². The van der Waals surface area contributed by atoms with Gasteiger partial charge in [-0.25, -0.2) is 4.98 Å². The maximum atomic E-state index is 5.88. The summed E-state index contributed by atoms with van der Waals surface area (Å²) in [5, 5.41) is 1.58. The number of para-hydroxylation sites is 1. The van der Waals surface area contributed by atoms with Crippen LogP contribution in [0.3, 0.4) is 0 Å². The fraction of sp³-hybridized carbons (Fsp3) is 0. The lowest BCUT2D eigenvalue weighted by atomic mass is 10.1. The predicted octanol–water partition coefficient (Wildman–Crippen LogP) is 5.12. The number of allylic oxidation sites excluding steroid dienone is 1. The smallest absolute Gasteiger partial charge is 0.133 e. The zero-order chi connectivity index (χ0) is 13.9. The van der Waals surface area contributed by atoms with Crippen molar-refractivity contribution in [3.63, 3.8) is 0 Å². The van der Waals surface area contributed by atoms with Gasteiger partial charge in [0.1, 0.15) is 5.01 Å². The number of halogens is 1. The SMILES string of the molecule is C#C/C(=C\c1ccc(Cl)cc1)c1nc2ccccc2s1. The van der Waals surface area contributed by atoms with Crippen molar-refractivity contribution < 1.29 is 0 Å². The highest BCUT2D eigenvalue weighted by Gasteiger charge is 2.06. The molecule has 0 bridgehead atoms. The summed E-state index contributed by atoms with van der Waals surface area (Å²) in [7, 11) is 0. The minimum Gasteiger partial charge on any atom is -0.235 e. The number of hydrogen-bond acceptors (Lipinski definition) is 2. The fourth-order valence-electron chi connectivity index (χ4n) is 1.88. The Balaban J connectivity index is 2.05. The van der Waals surface area contributed by atoms with Gasteiger partial charge in [0.05, 0.1) is 15.8 Å². The van der Waals surface area contributed by atoms with Crippen molar-refractivity contribution in [2.45, 2.75) is 0 Å². The maximum absolute atomic E-state index is 5.88. The van der Waals surface area contributed by atoms with E-state index in [-0.39, 0.29) is 0 Å². The Labute approximate surface area is 126 Å². The highest BCUT2D eigenvalue weighted by molar-refractivity contribution is 7.19.